The van der Waals surface area contributed by atoms with Crippen LogP contribution in [0.2, 0.25) is 0 Å². The van der Waals surface area contributed by atoms with Crippen LogP contribution in [-0.2, 0) is 10.8 Å². The van der Waals surface area contributed by atoms with E-state index in [-0.39, 0.29) is 0 Å². The van der Waals surface area contributed by atoms with Gasteiger partial charge >= 0.3 is 0 Å². The van der Waals surface area contributed by atoms with E-state index in [0.29, 0.717) is 16.5 Å². The van der Waals surface area contributed by atoms with Crippen LogP contribution in [-0.4, -0.2) is 15.7 Å². The van der Waals surface area contributed by atoms with Crippen molar-refractivity contribution in [3.63, 3.8) is 0 Å². The molecule has 0 aromatic heterocycles. The van der Waals surface area contributed by atoms with Crippen LogP contribution in [0.3, 0.4) is 0 Å². The van der Waals surface area contributed by atoms with Gasteiger partial charge in [-0.3, -0.25) is 4.21 Å². The number of halogens is 1. The van der Waals surface area contributed by atoms with Gasteiger partial charge in [0.05, 0.1) is 5.75 Å². The highest BCUT2D eigenvalue weighted by Gasteiger charge is 1.96. The Morgan fingerprint density at radius 1 is 1.80 bits per heavy atom. The minimum Gasteiger partial charge on any atom is -0.259 e. The second kappa shape index (κ2) is 5.69. The third-order valence-electron chi connectivity index (χ3n) is 0.835. The monoisotopic (exact) mass is 178 g/mol. The van der Waals surface area contributed by atoms with Crippen LogP contribution in [0.15, 0.2) is 23.8 Å². The summed E-state index contributed by atoms with van der Waals surface area (Å²) in [6.07, 6.45) is 3.73. The molecule has 0 N–H and O–H groups in total. The summed E-state index contributed by atoms with van der Waals surface area (Å²) in [6.45, 7) is 5.35. The van der Waals surface area contributed by atoms with Gasteiger partial charge in [-0.15, -0.1) is 0 Å². The largest absolute Gasteiger partial charge is 0.259 e. The predicted molar refractivity (Wildman–Crippen MR) is 47.7 cm³/mol. The highest BCUT2D eigenvalue weighted by Crippen LogP contribution is 1.99. The van der Waals surface area contributed by atoms with Gasteiger partial charge < -0.3 is 0 Å². The highest BCUT2D eigenvalue weighted by atomic mass is 35.5. The molecule has 0 saturated heterocycles. The Bertz CT molecular complexity index is 163. The minimum atomic E-state index is -0.868. The second-order valence-corrected chi connectivity index (χ2v) is 3.87. The van der Waals surface area contributed by atoms with Gasteiger partial charge in [-0.2, -0.15) is 0 Å². The third-order valence-corrected chi connectivity index (χ3v) is 2.36. The van der Waals surface area contributed by atoms with Crippen LogP contribution in [0.1, 0.15) is 6.92 Å². The molecule has 0 aromatic carbocycles. The fourth-order valence-corrected chi connectivity index (χ4v) is 1.68. The molecule has 0 fully saturated rings. The molecule has 0 spiro atoms. The van der Waals surface area contributed by atoms with Crippen LogP contribution in [0.5, 0.6) is 0 Å². The van der Waals surface area contributed by atoms with Crippen molar-refractivity contribution in [3.8, 4) is 0 Å². The average molecular weight is 179 g/mol. The van der Waals surface area contributed by atoms with Crippen LogP contribution in [0.4, 0.5) is 0 Å². The Balaban J connectivity index is 3.54. The third kappa shape index (κ3) is 6.05. The van der Waals surface area contributed by atoms with E-state index in [1.807, 2.05) is 19.1 Å². The van der Waals surface area contributed by atoms with Gasteiger partial charge in [0.2, 0.25) is 0 Å². The fraction of sp³-hybridized carbons (Fsp3) is 0.429. The molecule has 0 aromatic rings. The summed E-state index contributed by atoms with van der Waals surface area (Å²) in [5, 5.41) is 0.461. The molecule has 10 heavy (non-hydrogen) atoms. The average Bonchev–Trinajstić information content (AvgIpc) is 1.82. The topological polar surface area (TPSA) is 17.1 Å². The zero-order chi connectivity index (χ0) is 7.98. The quantitative estimate of drug-likeness (QED) is 0.603. The van der Waals surface area contributed by atoms with E-state index in [4.69, 9.17) is 11.6 Å². The van der Waals surface area contributed by atoms with Crippen LogP contribution < -0.4 is 0 Å². The van der Waals surface area contributed by atoms with Gasteiger partial charge in [0, 0.05) is 21.6 Å². The zero-order valence-electron chi connectivity index (χ0n) is 5.97. The molecule has 58 valence electrons. The molecule has 0 aliphatic carbocycles. The maximum Gasteiger partial charge on any atom is 0.0590 e. The lowest BCUT2D eigenvalue weighted by molar-refractivity contribution is 0.686. The van der Waals surface area contributed by atoms with Crippen molar-refractivity contribution < 1.29 is 4.21 Å². The first-order valence-electron chi connectivity index (χ1n) is 2.96. The van der Waals surface area contributed by atoms with Crippen molar-refractivity contribution in [2.45, 2.75) is 6.92 Å². The molecule has 0 radical (unpaired) electrons. The Labute approximate surface area is 69.2 Å². The van der Waals surface area contributed by atoms with Crippen LogP contribution in [0, 0.1) is 0 Å². The minimum absolute atomic E-state index is 0.395. The van der Waals surface area contributed by atoms with E-state index >= 15 is 0 Å². The summed E-state index contributed by atoms with van der Waals surface area (Å²) in [4.78, 5) is 0. The van der Waals surface area contributed by atoms with Crippen molar-refractivity contribution >= 4 is 22.4 Å². The summed E-state index contributed by atoms with van der Waals surface area (Å²) in [5.41, 5.74) is 0. The zero-order valence-corrected chi connectivity index (χ0v) is 7.54. The fourth-order valence-electron chi connectivity index (χ4n) is 0.437. The summed E-state index contributed by atoms with van der Waals surface area (Å²) in [6, 6.07) is 0. The van der Waals surface area contributed by atoms with E-state index in [2.05, 4.69) is 6.58 Å². The molecule has 0 aliphatic heterocycles. The lowest BCUT2D eigenvalue weighted by Gasteiger charge is -1.93. The molecule has 1 atom stereocenters. The van der Waals surface area contributed by atoms with Crippen molar-refractivity contribution in [3.05, 3.63) is 23.8 Å². The summed E-state index contributed by atoms with van der Waals surface area (Å²) in [7, 11) is -0.868. The highest BCUT2D eigenvalue weighted by molar-refractivity contribution is 7.85. The van der Waals surface area contributed by atoms with Crippen molar-refractivity contribution in [2.24, 2.45) is 0 Å². The maximum absolute atomic E-state index is 10.9. The Hall–Kier alpha value is -0.0800. The van der Waals surface area contributed by atoms with Crippen molar-refractivity contribution in [1.29, 1.82) is 0 Å². The number of hydrogen-bond donors (Lipinski definition) is 0. The molecule has 3 heteroatoms. The number of hydrogen-bond acceptors (Lipinski definition) is 1. The SMILES string of the molecule is C=C(Cl)CS(=O)C/C=C/C. The molecule has 0 heterocycles. The van der Waals surface area contributed by atoms with Crippen molar-refractivity contribution in [2.75, 3.05) is 11.5 Å². The molecule has 0 aliphatic rings. The molecular formula is C7H11ClOS. The first kappa shape index (κ1) is 9.92. The normalized spacial score (nSPS) is 13.8. The van der Waals surface area contributed by atoms with E-state index in [9.17, 15) is 4.21 Å². The molecule has 0 rings (SSSR count). The molecular weight excluding hydrogens is 168 g/mol. The summed E-state index contributed by atoms with van der Waals surface area (Å²) < 4.78 is 10.9. The maximum atomic E-state index is 10.9. The molecule has 1 unspecified atom stereocenters. The van der Waals surface area contributed by atoms with Gasteiger partial charge in [-0.05, 0) is 6.92 Å². The molecule has 0 amide bonds. The Kier molecular flexibility index (Phi) is 5.64. The van der Waals surface area contributed by atoms with E-state index in [1.165, 1.54) is 0 Å². The Morgan fingerprint density at radius 2 is 2.40 bits per heavy atom. The van der Waals surface area contributed by atoms with Crippen LogP contribution >= 0.6 is 11.6 Å². The van der Waals surface area contributed by atoms with E-state index < -0.39 is 10.8 Å². The van der Waals surface area contributed by atoms with E-state index in [0.717, 1.165) is 0 Å². The standard InChI is InChI=1S/C7H11ClOS/c1-3-4-5-10(9)6-7(2)8/h3-4H,2,5-6H2,1H3/b4-3+. The van der Waals surface area contributed by atoms with Gasteiger partial charge in [-0.25, -0.2) is 0 Å². The molecule has 1 nitrogen and oxygen atoms in total. The smallest absolute Gasteiger partial charge is 0.0590 e. The number of rotatable bonds is 4. The number of allylic oxidation sites excluding steroid dienone is 1. The van der Waals surface area contributed by atoms with Gasteiger partial charge in [-0.1, -0.05) is 30.3 Å². The summed E-state index contributed by atoms with van der Waals surface area (Å²) in [5.74, 6) is 0.966. The van der Waals surface area contributed by atoms with Crippen LogP contribution in [0.25, 0.3) is 0 Å². The summed E-state index contributed by atoms with van der Waals surface area (Å²) >= 11 is 5.44. The first-order valence-corrected chi connectivity index (χ1v) is 4.83. The molecule has 0 bridgehead atoms. The lowest BCUT2D eigenvalue weighted by atomic mass is 10.6. The predicted octanol–water partition coefficient (Wildman–Crippen LogP) is 2.06. The van der Waals surface area contributed by atoms with Gasteiger partial charge in [0.25, 0.3) is 0 Å². The lowest BCUT2D eigenvalue weighted by Crippen LogP contribution is -1.99. The van der Waals surface area contributed by atoms with Gasteiger partial charge in [0.1, 0.15) is 0 Å². The first-order chi connectivity index (χ1) is 4.66. The van der Waals surface area contributed by atoms with E-state index in [1.54, 1.807) is 0 Å². The Morgan fingerprint density at radius 3 is 2.80 bits per heavy atom. The second-order valence-electron chi connectivity index (χ2n) is 1.84. The van der Waals surface area contributed by atoms with Crippen molar-refractivity contribution in [1.82, 2.24) is 0 Å². The molecule has 0 saturated carbocycles. The van der Waals surface area contributed by atoms with Gasteiger partial charge in [0.15, 0.2) is 0 Å².